The minimum Gasteiger partial charge on any atom is -0.508 e. The van der Waals surface area contributed by atoms with Crippen LogP contribution in [0.1, 0.15) is 16.8 Å². The zero-order chi connectivity index (χ0) is 17.2. The molecule has 0 saturated carbocycles. The molecule has 0 fully saturated rings. The molecule has 0 unspecified atom stereocenters. The Morgan fingerprint density at radius 3 is 2.84 bits per heavy atom. The number of aromatic nitrogens is 3. The number of aromatic hydroxyl groups is 2. The molecule has 0 aliphatic carbocycles. The molecule has 0 saturated heterocycles. The van der Waals surface area contributed by atoms with Crippen LogP contribution in [0, 0.1) is 0 Å². The average Bonchev–Trinajstić information content (AvgIpc) is 2.64. The molecule has 0 amide bonds. The Kier molecular flexibility index (Phi) is 4.03. The SMILES string of the molecule is Oc1ccc(CN2CCc3nc(-c4cccnc4)ncc3C2)c(O)c1. The number of hydrogen-bond donors (Lipinski definition) is 2. The molecule has 2 N–H and O–H groups in total. The maximum Gasteiger partial charge on any atom is 0.160 e. The molecule has 6 heteroatoms. The second-order valence-electron chi connectivity index (χ2n) is 6.18. The van der Waals surface area contributed by atoms with E-state index in [9.17, 15) is 10.2 Å². The van der Waals surface area contributed by atoms with Crippen molar-refractivity contribution >= 4 is 0 Å². The molecular formula is C19H18N4O2. The van der Waals surface area contributed by atoms with E-state index in [0.717, 1.165) is 41.9 Å². The van der Waals surface area contributed by atoms with Gasteiger partial charge in [0.25, 0.3) is 0 Å². The minimum atomic E-state index is 0.0709. The zero-order valence-electron chi connectivity index (χ0n) is 13.6. The van der Waals surface area contributed by atoms with Crippen molar-refractivity contribution in [2.45, 2.75) is 19.5 Å². The van der Waals surface area contributed by atoms with Gasteiger partial charge in [-0.15, -0.1) is 0 Å². The van der Waals surface area contributed by atoms with E-state index >= 15 is 0 Å². The number of hydrogen-bond acceptors (Lipinski definition) is 6. The van der Waals surface area contributed by atoms with Crippen LogP contribution >= 0.6 is 0 Å². The highest BCUT2D eigenvalue weighted by atomic mass is 16.3. The lowest BCUT2D eigenvalue weighted by atomic mass is 10.1. The van der Waals surface area contributed by atoms with Gasteiger partial charge in [0.2, 0.25) is 0 Å². The summed E-state index contributed by atoms with van der Waals surface area (Å²) in [6.45, 7) is 2.22. The van der Waals surface area contributed by atoms with Crippen LogP contribution in [0.4, 0.5) is 0 Å². The fraction of sp³-hybridized carbons (Fsp3) is 0.211. The molecule has 3 heterocycles. The first-order valence-electron chi connectivity index (χ1n) is 8.17. The van der Waals surface area contributed by atoms with Crippen molar-refractivity contribution < 1.29 is 10.2 Å². The molecule has 25 heavy (non-hydrogen) atoms. The molecule has 2 aromatic heterocycles. The van der Waals surface area contributed by atoms with Crippen molar-refractivity contribution in [3.05, 3.63) is 65.7 Å². The molecule has 0 spiro atoms. The Morgan fingerprint density at radius 1 is 1.12 bits per heavy atom. The second-order valence-corrected chi connectivity index (χ2v) is 6.18. The summed E-state index contributed by atoms with van der Waals surface area (Å²) in [5.41, 5.74) is 3.90. The van der Waals surface area contributed by atoms with Gasteiger partial charge in [0.1, 0.15) is 11.5 Å². The smallest absolute Gasteiger partial charge is 0.160 e. The Balaban J connectivity index is 1.52. The summed E-state index contributed by atoms with van der Waals surface area (Å²) >= 11 is 0. The Hall–Kier alpha value is -2.99. The van der Waals surface area contributed by atoms with Gasteiger partial charge in [0.05, 0.1) is 5.69 Å². The molecule has 0 radical (unpaired) electrons. The summed E-state index contributed by atoms with van der Waals surface area (Å²) < 4.78 is 0. The largest absolute Gasteiger partial charge is 0.508 e. The van der Waals surface area contributed by atoms with Crippen LogP contribution in [0.2, 0.25) is 0 Å². The zero-order valence-corrected chi connectivity index (χ0v) is 13.6. The lowest BCUT2D eigenvalue weighted by Crippen LogP contribution is -2.31. The first kappa shape index (κ1) is 15.5. The Morgan fingerprint density at radius 2 is 2.04 bits per heavy atom. The summed E-state index contributed by atoms with van der Waals surface area (Å²) in [6, 6.07) is 8.55. The van der Waals surface area contributed by atoms with Gasteiger partial charge < -0.3 is 10.2 Å². The van der Waals surface area contributed by atoms with Gasteiger partial charge in [0, 0.05) is 67.4 Å². The number of phenols is 2. The van der Waals surface area contributed by atoms with E-state index in [0.29, 0.717) is 12.4 Å². The van der Waals surface area contributed by atoms with Gasteiger partial charge >= 0.3 is 0 Å². The van der Waals surface area contributed by atoms with Crippen LogP contribution in [-0.4, -0.2) is 36.6 Å². The van der Waals surface area contributed by atoms with E-state index in [4.69, 9.17) is 4.98 Å². The van der Waals surface area contributed by atoms with Gasteiger partial charge in [-0.05, 0) is 18.2 Å². The quantitative estimate of drug-likeness (QED) is 0.766. The van der Waals surface area contributed by atoms with Gasteiger partial charge in [-0.1, -0.05) is 6.07 Å². The number of phenolic OH excluding ortho intramolecular Hbond substituents is 2. The molecule has 1 aliphatic heterocycles. The number of fused-ring (bicyclic) bond motifs is 1. The predicted octanol–water partition coefficient (Wildman–Crippen LogP) is 2.51. The van der Waals surface area contributed by atoms with E-state index in [-0.39, 0.29) is 11.5 Å². The molecule has 126 valence electrons. The van der Waals surface area contributed by atoms with E-state index in [1.165, 1.54) is 6.07 Å². The van der Waals surface area contributed by atoms with Crippen LogP contribution in [-0.2, 0) is 19.5 Å². The van der Waals surface area contributed by atoms with E-state index in [1.54, 1.807) is 24.5 Å². The molecule has 6 nitrogen and oxygen atoms in total. The van der Waals surface area contributed by atoms with E-state index in [2.05, 4.69) is 14.9 Å². The molecule has 0 atom stereocenters. The number of nitrogens with zero attached hydrogens (tertiary/aromatic N) is 4. The summed E-state index contributed by atoms with van der Waals surface area (Å²) in [6.07, 6.45) is 6.22. The van der Waals surface area contributed by atoms with Gasteiger partial charge in [-0.3, -0.25) is 9.88 Å². The number of rotatable bonds is 3. The maximum atomic E-state index is 9.96. The fourth-order valence-corrected chi connectivity index (χ4v) is 3.07. The molecule has 1 aromatic carbocycles. The number of benzene rings is 1. The Labute approximate surface area is 145 Å². The van der Waals surface area contributed by atoms with Gasteiger partial charge in [-0.25, -0.2) is 9.97 Å². The lowest BCUT2D eigenvalue weighted by Gasteiger charge is -2.28. The molecule has 4 rings (SSSR count). The highest BCUT2D eigenvalue weighted by Gasteiger charge is 2.20. The molecule has 3 aromatic rings. The topological polar surface area (TPSA) is 82.4 Å². The summed E-state index contributed by atoms with van der Waals surface area (Å²) in [4.78, 5) is 15.5. The van der Waals surface area contributed by atoms with Crippen LogP contribution in [0.3, 0.4) is 0 Å². The molecule has 1 aliphatic rings. The predicted molar refractivity (Wildman–Crippen MR) is 92.9 cm³/mol. The van der Waals surface area contributed by atoms with E-state index < -0.39 is 0 Å². The van der Waals surface area contributed by atoms with Crippen molar-refractivity contribution in [3.63, 3.8) is 0 Å². The van der Waals surface area contributed by atoms with E-state index in [1.807, 2.05) is 18.3 Å². The third kappa shape index (κ3) is 3.29. The minimum absolute atomic E-state index is 0.0709. The highest BCUT2D eigenvalue weighted by Crippen LogP contribution is 2.26. The number of pyridine rings is 1. The summed E-state index contributed by atoms with van der Waals surface area (Å²) in [5, 5.41) is 19.4. The maximum absolute atomic E-state index is 9.96. The summed E-state index contributed by atoms with van der Waals surface area (Å²) in [5.74, 6) is 0.895. The van der Waals surface area contributed by atoms with Crippen molar-refractivity contribution in [2.75, 3.05) is 6.54 Å². The normalized spacial score (nSPS) is 14.2. The standard InChI is InChI=1S/C19H18N4O2/c24-16-4-3-14(18(25)8-16)11-23-7-5-17-15(12-23)10-21-19(22-17)13-2-1-6-20-9-13/h1-4,6,8-10,24-25H,5,7,11-12H2. The van der Waals surface area contributed by atoms with Gasteiger partial charge in [0.15, 0.2) is 5.82 Å². The van der Waals surface area contributed by atoms with Crippen molar-refractivity contribution in [1.29, 1.82) is 0 Å². The third-order valence-corrected chi connectivity index (χ3v) is 4.40. The fourth-order valence-electron chi connectivity index (χ4n) is 3.07. The van der Waals surface area contributed by atoms with Crippen molar-refractivity contribution in [1.82, 2.24) is 19.9 Å². The first-order chi connectivity index (χ1) is 12.2. The average molecular weight is 334 g/mol. The monoisotopic (exact) mass is 334 g/mol. The van der Waals surface area contributed by atoms with Crippen LogP contribution in [0.5, 0.6) is 11.5 Å². The second kappa shape index (κ2) is 6.49. The summed E-state index contributed by atoms with van der Waals surface area (Å²) in [7, 11) is 0. The van der Waals surface area contributed by atoms with Crippen molar-refractivity contribution in [2.24, 2.45) is 0 Å². The van der Waals surface area contributed by atoms with Gasteiger partial charge in [-0.2, -0.15) is 0 Å². The van der Waals surface area contributed by atoms with Crippen LogP contribution in [0.15, 0.2) is 48.9 Å². The van der Waals surface area contributed by atoms with Crippen molar-refractivity contribution in [3.8, 4) is 22.9 Å². The first-order valence-corrected chi connectivity index (χ1v) is 8.17. The Bertz CT molecular complexity index is 899. The van der Waals surface area contributed by atoms with Crippen LogP contribution < -0.4 is 0 Å². The highest BCUT2D eigenvalue weighted by molar-refractivity contribution is 5.53. The molecular weight excluding hydrogens is 316 g/mol. The van der Waals surface area contributed by atoms with Crippen LogP contribution in [0.25, 0.3) is 11.4 Å². The molecule has 0 bridgehead atoms. The third-order valence-electron chi connectivity index (χ3n) is 4.40. The lowest BCUT2D eigenvalue weighted by molar-refractivity contribution is 0.239.